The Bertz CT molecular complexity index is 716. The maximum Gasteiger partial charge on any atom is 0.410 e. The molecule has 1 atom stereocenters. The lowest BCUT2D eigenvalue weighted by Crippen LogP contribution is -2.58. The van der Waals surface area contributed by atoms with Crippen LogP contribution in [-0.2, 0) is 9.53 Å². The first-order valence-electron chi connectivity index (χ1n) is 8.91. The normalized spacial score (nSPS) is 15.3. The largest absolute Gasteiger partial charge is 0.444 e. The molecule has 1 unspecified atom stereocenters. The second kappa shape index (κ2) is 8.24. The fourth-order valence-electron chi connectivity index (χ4n) is 2.61. The second-order valence-electron chi connectivity index (χ2n) is 7.68. The van der Waals surface area contributed by atoms with Crippen molar-refractivity contribution in [1.82, 2.24) is 10.2 Å². The van der Waals surface area contributed by atoms with E-state index in [0.29, 0.717) is 24.3 Å². The highest BCUT2D eigenvalue weighted by Crippen LogP contribution is 2.22. The number of likely N-dealkylation sites (tertiary alicyclic amines) is 1. The van der Waals surface area contributed by atoms with Crippen molar-refractivity contribution in [3.05, 3.63) is 42.5 Å². The van der Waals surface area contributed by atoms with Gasteiger partial charge >= 0.3 is 6.09 Å². The number of carbonyl (C=O) groups excluding carboxylic acids is 3. The quantitative estimate of drug-likeness (QED) is 0.777. The van der Waals surface area contributed by atoms with Gasteiger partial charge in [0.15, 0.2) is 0 Å². The van der Waals surface area contributed by atoms with Crippen molar-refractivity contribution in [2.24, 2.45) is 5.92 Å². The van der Waals surface area contributed by atoms with Crippen LogP contribution >= 0.6 is 0 Å². The van der Waals surface area contributed by atoms with Crippen LogP contribution in [0.2, 0.25) is 0 Å². The minimum atomic E-state index is -0.515. The molecule has 146 valence electrons. The molecule has 27 heavy (non-hydrogen) atoms. The molecule has 0 saturated carbocycles. The number of hydrogen-bond donors (Lipinski definition) is 2. The Morgan fingerprint density at radius 3 is 2.33 bits per heavy atom. The number of anilines is 1. The lowest BCUT2D eigenvalue weighted by Gasteiger charge is -2.42. The molecule has 0 aromatic heterocycles. The fourth-order valence-corrected chi connectivity index (χ4v) is 2.61. The molecule has 1 aliphatic heterocycles. The number of amides is 3. The number of ether oxygens (including phenoxy) is 1. The summed E-state index contributed by atoms with van der Waals surface area (Å²) in [5, 5.41) is 5.58. The minimum Gasteiger partial charge on any atom is -0.444 e. The molecular weight excluding hydrogens is 346 g/mol. The maximum atomic E-state index is 12.4. The first kappa shape index (κ1) is 20.5. The summed E-state index contributed by atoms with van der Waals surface area (Å²) in [7, 11) is 0. The molecule has 1 aliphatic rings. The molecule has 7 heteroatoms. The van der Waals surface area contributed by atoms with Gasteiger partial charge in [-0.3, -0.25) is 9.59 Å². The number of benzene rings is 1. The number of hydrogen-bond acceptors (Lipinski definition) is 4. The van der Waals surface area contributed by atoms with Crippen LogP contribution in [0.3, 0.4) is 0 Å². The Hall–Kier alpha value is -2.83. The van der Waals surface area contributed by atoms with Gasteiger partial charge in [0.1, 0.15) is 5.60 Å². The van der Waals surface area contributed by atoms with Crippen molar-refractivity contribution in [2.45, 2.75) is 39.3 Å². The molecule has 0 spiro atoms. The van der Waals surface area contributed by atoms with Crippen molar-refractivity contribution < 1.29 is 19.1 Å². The molecule has 3 amide bonds. The Morgan fingerprint density at radius 2 is 1.81 bits per heavy atom. The van der Waals surface area contributed by atoms with Crippen molar-refractivity contribution in [1.29, 1.82) is 0 Å². The highest BCUT2D eigenvalue weighted by molar-refractivity contribution is 5.99. The minimum absolute atomic E-state index is 0.0728. The Morgan fingerprint density at radius 1 is 1.22 bits per heavy atom. The zero-order valence-corrected chi connectivity index (χ0v) is 16.2. The summed E-state index contributed by atoms with van der Waals surface area (Å²) in [6.07, 6.45) is 0.857. The fraction of sp³-hybridized carbons (Fsp3) is 0.450. The Kier molecular flexibility index (Phi) is 6.25. The lowest BCUT2D eigenvalue weighted by molar-refractivity contribution is -0.111. The van der Waals surface area contributed by atoms with E-state index in [-0.39, 0.29) is 29.9 Å². The van der Waals surface area contributed by atoms with E-state index in [4.69, 9.17) is 4.74 Å². The monoisotopic (exact) mass is 373 g/mol. The SMILES string of the molecule is C=CC(=O)Nc1ccc(C(=O)NC(C)C2CN(C(=O)OC(C)(C)C)C2)cc1. The summed E-state index contributed by atoms with van der Waals surface area (Å²) in [5.41, 5.74) is 0.581. The Balaban J connectivity index is 1.82. The molecule has 1 heterocycles. The van der Waals surface area contributed by atoms with E-state index in [9.17, 15) is 14.4 Å². The van der Waals surface area contributed by atoms with Crippen LogP contribution in [0.25, 0.3) is 0 Å². The van der Waals surface area contributed by atoms with E-state index in [0.717, 1.165) is 0 Å². The summed E-state index contributed by atoms with van der Waals surface area (Å²) in [6, 6.07) is 6.54. The van der Waals surface area contributed by atoms with Crippen molar-refractivity contribution in [3.8, 4) is 0 Å². The average Bonchev–Trinajstić information content (AvgIpc) is 2.52. The molecule has 1 aromatic carbocycles. The number of nitrogens with zero attached hydrogens (tertiary/aromatic N) is 1. The number of nitrogens with one attached hydrogen (secondary N) is 2. The molecule has 0 radical (unpaired) electrons. The average molecular weight is 373 g/mol. The standard InChI is InChI=1S/C20H27N3O4/c1-6-17(24)22-16-9-7-14(8-10-16)18(25)21-13(2)15-11-23(12-15)19(26)27-20(3,4)5/h6-10,13,15H,1,11-12H2,2-5H3,(H,21,25)(H,22,24). The first-order chi connectivity index (χ1) is 12.6. The van der Waals surface area contributed by atoms with Gasteiger partial charge < -0.3 is 20.3 Å². The van der Waals surface area contributed by atoms with Crippen LogP contribution in [0, 0.1) is 5.92 Å². The zero-order chi connectivity index (χ0) is 20.2. The van der Waals surface area contributed by atoms with E-state index >= 15 is 0 Å². The van der Waals surface area contributed by atoms with Gasteiger partial charge in [0.05, 0.1) is 0 Å². The van der Waals surface area contributed by atoms with E-state index < -0.39 is 5.60 Å². The molecule has 1 saturated heterocycles. The van der Waals surface area contributed by atoms with Crippen LogP contribution in [0.4, 0.5) is 10.5 Å². The van der Waals surface area contributed by atoms with Crippen molar-refractivity contribution in [2.75, 3.05) is 18.4 Å². The Labute approximate surface area is 159 Å². The highest BCUT2D eigenvalue weighted by atomic mass is 16.6. The predicted molar refractivity (Wildman–Crippen MR) is 103 cm³/mol. The van der Waals surface area contributed by atoms with Gasteiger partial charge in [-0.1, -0.05) is 6.58 Å². The van der Waals surface area contributed by atoms with Crippen LogP contribution in [-0.4, -0.2) is 47.5 Å². The van der Waals surface area contributed by atoms with Gasteiger partial charge in [0.2, 0.25) is 5.91 Å². The highest BCUT2D eigenvalue weighted by Gasteiger charge is 2.37. The molecule has 2 N–H and O–H groups in total. The van der Waals surface area contributed by atoms with Crippen LogP contribution in [0.5, 0.6) is 0 Å². The summed E-state index contributed by atoms with van der Waals surface area (Å²) >= 11 is 0. The molecule has 1 fully saturated rings. The topological polar surface area (TPSA) is 87.7 Å². The van der Waals surface area contributed by atoms with Crippen LogP contribution in [0.15, 0.2) is 36.9 Å². The molecule has 1 aromatic rings. The van der Waals surface area contributed by atoms with Gasteiger partial charge in [-0.25, -0.2) is 4.79 Å². The molecule has 0 aliphatic carbocycles. The third kappa shape index (κ3) is 5.84. The van der Waals surface area contributed by atoms with Crippen molar-refractivity contribution in [3.63, 3.8) is 0 Å². The van der Waals surface area contributed by atoms with E-state index in [2.05, 4.69) is 17.2 Å². The van der Waals surface area contributed by atoms with E-state index in [1.54, 1.807) is 29.2 Å². The number of carbonyl (C=O) groups is 3. The second-order valence-corrected chi connectivity index (χ2v) is 7.68. The number of rotatable bonds is 5. The van der Waals surface area contributed by atoms with Gasteiger partial charge in [-0.2, -0.15) is 0 Å². The zero-order valence-electron chi connectivity index (χ0n) is 16.2. The third-order valence-electron chi connectivity index (χ3n) is 4.23. The van der Waals surface area contributed by atoms with Gasteiger partial charge in [-0.15, -0.1) is 0 Å². The van der Waals surface area contributed by atoms with Crippen LogP contribution in [0.1, 0.15) is 38.1 Å². The van der Waals surface area contributed by atoms with Gasteiger partial charge in [-0.05, 0) is 58.0 Å². The summed E-state index contributed by atoms with van der Waals surface area (Å²) < 4.78 is 5.33. The van der Waals surface area contributed by atoms with Crippen molar-refractivity contribution >= 4 is 23.6 Å². The predicted octanol–water partition coefficient (Wildman–Crippen LogP) is 2.80. The van der Waals surface area contributed by atoms with E-state index in [1.807, 2.05) is 27.7 Å². The van der Waals surface area contributed by atoms with Crippen LogP contribution < -0.4 is 10.6 Å². The molecule has 0 bridgehead atoms. The smallest absolute Gasteiger partial charge is 0.410 e. The summed E-state index contributed by atoms with van der Waals surface area (Å²) in [6.45, 7) is 11.9. The summed E-state index contributed by atoms with van der Waals surface area (Å²) in [4.78, 5) is 37.2. The third-order valence-corrected chi connectivity index (χ3v) is 4.23. The lowest BCUT2D eigenvalue weighted by atomic mass is 9.93. The van der Waals surface area contributed by atoms with Gasteiger partial charge in [0.25, 0.3) is 5.91 Å². The van der Waals surface area contributed by atoms with E-state index in [1.165, 1.54) is 6.08 Å². The molecular formula is C20H27N3O4. The summed E-state index contributed by atoms with van der Waals surface area (Å²) in [5.74, 6) is -0.312. The van der Waals surface area contributed by atoms with Gasteiger partial charge in [0, 0.05) is 36.3 Å². The maximum absolute atomic E-state index is 12.4. The molecule has 7 nitrogen and oxygen atoms in total. The molecule has 2 rings (SSSR count). The first-order valence-corrected chi connectivity index (χ1v) is 8.91.